The highest BCUT2D eigenvalue weighted by Crippen LogP contribution is 2.40. The van der Waals surface area contributed by atoms with Crippen LogP contribution < -0.4 is 11.5 Å². The third kappa shape index (κ3) is 2.73. The standard InChI is InChI=1S/C19H18N4O2S.CH5N/c1-8-5-6-13(25)9(2)15(8)23-16-14(12(7-24)18(23)20)10(3)21-19-17(16)26-11(4)22-19;1-2/h5-7,25H,20H2,1-4H3;2H2,1H3. The van der Waals surface area contributed by atoms with Crippen LogP contribution in [-0.4, -0.2) is 33.0 Å². The fourth-order valence-corrected chi connectivity index (χ4v) is 4.47. The van der Waals surface area contributed by atoms with Gasteiger partial charge < -0.3 is 16.6 Å². The molecule has 28 heavy (non-hydrogen) atoms. The molecule has 3 aromatic heterocycles. The third-order valence-electron chi connectivity index (χ3n) is 4.76. The Balaban J connectivity index is 0.00000109. The van der Waals surface area contributed by atoms with Crippen molar-refractivity contribution < 1.29 is 9.90 Å². The lowest BCUT2D eigenvalue weighted by Gasteiger charge is -2.16. The summed E-state index contributed by atoms with van der Waals surface area (Å²) in [6.45, 7) is 7.58. The van der Waals surface area contributed by atoms with Crippen molar-refractivity contribution in [3.8, 4) is 11.4 Å². The van der Waals surface area contributed by atoms with E-state index in [1.54, 1.807) is 6.07 Å². The SMILES string of the molecule is CN.Cc1nc2nc(C)c3c(C=O)c(N)n(-c4c(C)ccc(O)c4C)c3c2s1. The number of benzene rings is 1. The van der Waals surface area contributed by atoms with E-state index in [2.05, 4.69) is 15.7 Å². The molecule has 3 heterocycles. The lowest BCUT2D eigenvalue weighted by atomic mass is 10.1. The van der Waals surface area contributed by atoms with Crippen LogP contribution in [0.25, 0.3) is 26.9 Å². The number of nitrogens with zero attached hydrogens (tertiary/aromatic N) is 3. The molecule has 0 spiro atoms. The number of phenolic OH excluding ortho intramolecular Hbond substituents is 1. The molecule has 0 fully saturated rings. The maximum absolute atomic E-state index is 11.8. The molecule has 1 aromatic carbocycles. The largest absolute Gasteiger partial charge is 0.508 e. The monoisotopic (exact) mass is 397 g/mol. The van der Waals surface area contributed by atoms with Crippen LogP contribution in [0.2, 0.25) is 0 Å². The molecule has 0 bridgehead atoms. The zero-order chi connectivity index (χ0) is 20.7. The minimum Gasteiger partial charge on any atom is -0.508 e. The molecule has 0 atom stereocenters. The maximum atomic E-state index is 11.8. The van der Waals surface area contributed by atoms with E-state index in [0.717, 1.165) is 38.1 Å². The first-order valence-corrected chi connectivity index (χ1v) is 9.56. The average Bonchev–Trinajstić information content (AvgIpc) is 3.18. The first-order chi connectivity index (χ1) is 13.3. The summed E-state index contributed by atoms with van der Waals surface area (Å²) in [5.41, 5.74) is 15.9. The number of thiazole rings is 1. The number of carbonyl (C=O) groups excluding carboxylic acids is 1. The molecule has 7 nitrogen and oxygen atoms in total. The molecule has 4 rings (SSSR count). The van der Waals surface area contributed by atoms with Crippen LogP contribution in [0.15, 0.2) is 12.1 Å². The van der Waals surface area contributed by atoms with Gasteiger partial charge in [0.2, 0.25) is 0 Å². The number of aryl methyl sites for hydroxylation is 3. The van der Waals surface area contributed by atoms with Crippen LogP contribution in [0, 0.1) is 27.7 Å². The number of hydrogen-bond acceptors (Lipinski definition) is 7. The van der Waals surface area contributed by atoms with Gasteiger partial charge >= 0.3 is 0 Å². The highest BCUT2D eigenvalue weighted by Gasteiger charge is 2.24. The van der Waals surface area contributed by atoms with Crippen LogP contribution in [0.1, 0.15) is 32.2 Å². The fourth-order valence-electron chi connectivity index (χ4n) is 3.57. The Bertz CT molecular complexity index is 1220. The lowest BCUT2D eigenvalue weighted by molar-refractivity contribution is 0.112. The number of anilines is 1. The fraction of sp³-hybridized carbons (Fsp3) is 0.250. The summed E-state index contributed by atoms with van der Waals surface area (Å²) in [6.07, 6.45) is 0.774. The Hall–Kier alpha value is -2.97. The second-order valence-corrected chi connectivity index (χ2v) is 7.64. The molecule has 0 unspecified atom stereocenters. The Morgan fingerprint density at radius 3 is 2.46 bits per heavy atom. The van der Waals surface area contributed by atoms with Gasteiger partial charge in [0.1, 0.15) is 11.6 Å². The molecule has 0 aliphatic rings. The molecule has 0 saturated carbocycles. The topological polar surface area (TPSA) is 120 Å². The second-order valence-electron chi connectivity index (χ2n) is 6.43. The van der Waals surface area contributed by atoms with Gasteiger partial charge in [0.15, 0.2) is 11.9 Å². The molecule has 0 aliphatic carbocycles. The van der Waals surface area contributed by atoms with E-state index in [0.29, 0.717) is 28.3 Å². The number of aromatic hydroxyl groups is 1. The predicted octanol–water partition coefficient (Wildman–Crippen LogP) is 3.54. The Morgan fingerprint density at radius 1 is 1.14 bits per heavy atom. The summed E-state index contributed by atoms with van der Waals surface area (Å²) in [6, 6.07) is 3.50. The summed E-state index contributed by atoms with van der Waals surface area (Å²) < 4.78 is 2.74. The van der Waals surface area contributed by atoms with Gasteiger partial charge in [-0.2, -0.15) is 0 Å². The molecule has 8 heteroatoms. The van der Waals surface area contributed by atoms with E-state index in [-0.39, 0.29) is 5.75 Å². The predicted molar refractivity (Wildman–Crippen MR) is 115 cm³/mol. The average molecular weight is 398 g/mol. The Morgan fingerprint density at radius 2 is 1.82 bits per heavy atom. The third-order valence-corrected chi connectivity index (χ3v) is 5.73. The molecule has 5 N–H and O–H groups in total. The van der Waals surface area contributed by atoms with Gasteiger partial charge in [0.25, 0.3) is 0 Å². The Labute approximate surface area is 166 Å². The van der Waals surface area contributed by atoms with Gasteiger partial charge in [-0.1, -0.05) is 6.07 Å². The zero-order valence-electron chi connectivity index (χ0n) is 16.5. The quantitative estimate of drug-likeness (QED) is 0.445. The molecule has 0 saturated heterocycles. The van der Waals surface area contributed by atoms with Gasteiger partial charge in [0, 0.05) is 10.9 Å². The van der Waals surface area contributed by atoms with E-state index in [9.17, 15) is 9.90 Å². The molecular weight excluding hydrogens is 374 g/mol. The number of nitrogens with two attached hydrogens (primary N) is 2. The minimum absolute atomic E-state index is 0.182. The van der Waals surface area contributed by atoms with Crippen molar-refractivity contribution in [1.82, 2.24) is 14.5 Å². The number of nitrogen functional groups attached to an aromatic ring is 1. The molecule has 0 radical (unpaired) electrons. The van der Waals surface area contributed by atoms with E-state index >= 15 is 0 Å². The smallest absolute Gasteiger partial charge is 0.172 e. The van der Waals surface area contributed by atoms with Crippen LogP contribution in [-0.2, 0) is 0 Å². The number of phenols is 1. The van der Waals surface area contributed by atoms with Crippen molar-refractivity contribution in [3.63, 3.8) is 0 Å². The molecule has 0 aliphatic heterocycles. The number of aldehydes is 1. The molecule has 0 amide bonds. The Kier molecular flexibility index (Phi) is 5.10. The zero-order valence-corrected chi connectivity index (χ0v) is 17.3. The van der Waals surface area contributed by atoms with E-state index in [1.807, 2.05) is 38.3 Å². The van der Waals surface area contributed by atoms with Crippen molar-refractivity contribution in [2.75, 3.05) is 12.8 Å². The number of fused-ring (bicyclic) bond motifs is 3. The van der Waals surface area contributed by atoms with E-state index in [4.69, 9.17) is 5.73 Å². The first-order valence-electron chi connectivity index (χ1n) is 8.75. The normalized spacial score (nSPS) is 10.9. The highest BCUT2D eigenvalue weighted by molar-refractivity contribution is 7.19. The highest BCUT2D eigenvalue weighted by atomic mass is 32.1. The van der Waals surface area contributed by atoms with Crippen LogP contribution in [0.5, 0.6) is 5.75 Å². The number of pyridine rings is 1. The van der Waals surface area contributed by atoms with Crippen LogP contribution in [0.4, 0.5) is 5.82 Å². The van der Waals surface area contributed by atoms with Gasteiger partial charge in [-0.25, -0.2) is 9.97 Å². The van der Waals surface area contributed by atoms with Crippen molar-refractivity contribution in [2.45, 2.75) is 27.7 Å². The second kappa shape index (κ2) is 7.21. The van der Waals surface area contributed by atoms with Crippen molar-refractivity contribution >= 4 is 44.7 Å². The molecule has 146 valence electrons. The van der Waals surface area contributed by atoms with Gasteiger partial charge in [-0.15, -0.1) is 11.3 Å². The van der Waals surface area contributed by atoms with Crippen LogP contribution >= 0.6 is 11.3 Å². The lowest BCUT2D eigenvalue weighted by Crippen LogP contribution is -2.05. The summed E-state index contributed by atoms with van der Waals surface area (Å²) in [5, 5.41) is 11.9. The van der Waals surface area contributed by atoms with Crippen molar-refractivity contribution in [1.29, 1.82) is 0 Å². The molecular formula is C20H23N5O2S. The van der Waals surface area contributed by atoms with E-state index < -0.39 is 0 Å². The van der Waals surface area contributed by atoms with Gasteiger partial charge in [-0.05, 0) is 46.4 Å². The number of aromatic nitrogens is 3. The van der Waals surface area contributed by atoms with E-state index in [1.165, 1.54) is 18.4 Å². The number of hydrogen-bond donors (Lipinski definition) is 3. The number of rotatable bonds is 2. The maximum Gasteiger partial charge on any atom is 0.172 e. The first kappa shape index (κ1) is 19.8. The summed E-state index contributed by atoms with van der Waals surface area (Å²) in [4.78, 5) is 20.9. The summed E-state index contributed by atoms with van der Waals surface area (Å²) >= 11 is 1.52. The van der Waals surface area contributed by atoms with Crippen molar-refractivity contribution in [3.05, 3.63) is 39.5 Å². The summed E-state index contributed by atoms with van der Waals surface area (Å²) in [5.74, 6) is 0.525. The summed E-state index contributed by atoms with van der Waals surface area (Å²) in [7, 11) is 1.50. The van der Waals surface area contributed by atoms with Gasteiger partial charge in [0.05, 0.1) is 32.2 Å². The van der Waals surface area contributed by atoms with Gasteiger partial charge in [-0.3, -0.25) is 9.36 Å². The van der Waals surface area contributed by atoms with Crippen molar-refractivity contribution in [2.24, 2.45) is 5.73 Å². The van der Waals surface area contributed by atoms with Crippen LogP contribution in [0.3, 0.4) is 0 Å². The molecule has 4 aromatic rings. The number of carbonyl (C=O) groups is 1. The minimum atomic E-state index is 0.182.